The lowest BCUT2D eigenvalue weighted by Gasteiger charge is -2.28. The molecule has 0 aromatic rings. The summed E-state index contributed by atoms with van der Waals surface area (Å²) in [6.07, 6.45) is 3.49. The van der Waals surface area contributed by atoms with Crippen LogP contribution in [0, 0.1) is 6.04 Å². The van der Waals surface area contributed by atoms with Crippen molar-refractivity contribution in [3.05, 3.63) is 17.7 Å². The van der Waals surface area contributed by atoms with Gasteiger partial charge in [-0.1, -0.05) is 19.9 Å². The van der Waals surface area contributed by atoms with Crippen molar-refractivity contribution in [3.8, 4) is 0 Å². The number of aliphatic carboxylic acids is 1. The number of carboxylic acid groups (broad SMARTS) is 1. The summed E-state index contributed by atoms with van der Waals surface area (Å²) in [7, 11) is -1.64. The van der Waals surface area contributed by atoms with Gasteiger partial charge in [0.2, 0.25) is 0 Å². The Morgan fingerprint density at radius 1 is 1.24 bits per heavy atom. The third-order valence-electron chi connectivity index (χ3n) is 3.10. The molecule has 1 radical (unpaired) electrons. The Morgan fingerprint density at radius 3 is 2.24 bits per heavy atom. The molecule has 0 saturated heterocycles. The Hall–Kier alpha value is -0.613. The minimum Gasteiger partial charge on any atom is -0.478 e. The molecule has 4 heteroatoms. The van der Waals surface area contributed by atoms with Gasteiger partial charge in [-0.05, 0) is 44.8 Å². The van der Waals surface area contributed by atoms with Gasteiger partial charge in [-0.2, -0.15) is 0 Å². The molecule has 0 saturated carbocycles. The molecule has 0 atom stereocenters. The zero-order valence-corrected chi connectivity index (χ0v) is 12.5. The van der Waals surface area contributed by atoms with E-state index >= 15 is 0 Å². The Balaban J connectivity index is 4.15. The monoisotopic (exact) mass is 257 g/mol. The Bertz CT molecular complexity index is 257. The lowest BCUT2D eigenvalue weighted by atomic mass is 10.2. The Morgan fingerprint density at radius 2 is 1.82 bits per heavy atom. The molecule has 1 N–H and O–H groups in total. The standard InChI is InChI=1S/C13H25O3Si/c1-5-16-17(6-2,7-3)11-9-8-10-12(4)13(14)15/h10-11H,5-9H2,1-4H3,(H,14,15). The minimum absolute atomic E-state index is 0.426. The summed E-state index contributed by atoms with van der Waals surface area (Å²) in [5, 5.41) is 8.72. The largest absolute Gasteiger partial charge is 0.478 e. The predicted molar refractivity (Wildman–Crippen MR) is 73.3 cm³/mol. The molecule has 0 bridgehead atoms. The Labute approximate surface area is 106 Å². The normalized spacial score (nSPS) is 12.8. The van der Waals surface area contributed by atoms with Crippen LogP contribution in [0.25, 0.3) is 0 Å². The molecular formula is C13H25O3Si. The zero-order chi connectivity index (χ0) is 13.3. The quantitative estimate of drug-likeness (QED) is 0.390. The molecule has 0 aromatic carbocycles. The van der Waals surface area contributed by atoms with Crippen LogP contribution in [0.5, 0.6) is 0 Å². The van der Waals surface area contributed by atoms with E-state index in [0.29, 0.717) is 5.57 Å². The molecule has 0 heterocycles. The van der Waals surface area contributed by atoms with E-state index in [-0.39, 0.29) is 0 Å². The molecule has 0 fully saturated rings. The van der Waals surface area contributed by atoms with Crippen LogP contribution in [0.2, 0.25) is 12.1 Å². The molecule has 99 valence electrons. The van der Waals surface area contributed by atoms with Crippen LogP contribution in [-0.4, -0.2) is 26.0 Å². The van der Waals surface area contributed by atoms with Gasteiger partial charge in [0.1, 0.15) is 0 Å². The van der Waals surface area contributed by atoms with E-state index in [4.69, 9.17) is 9.53 Å². The maximum absolute atomic E-state index is 10.6. The van der Waals surface area contributed by atoms with Gasteiger partial charge in [0.25, 0.3) is 0 Å². The van der Waals surface area contributed by atoms with Gasteiger partial charge in [-0.3, -0.25) is 0 Å². The highest BCUT2D eigenvalue weighted by molar-refractivity contribution is 6.77. The first-order valence-corrected chi connectivity index (χ1v) is 8.79. The average Bonchev–Trinajstić information content (AvgIpc) is 2.32. The first-order valence-electron chi connectivity index (χ1n) is 6.39. The van der Waals surface area contributed by atoms with Crippen molar-refractivity contribution >= 4 is 14.3 Å². The number of carbonyl (C=O) groups is 1. The third kappa shape index (κ3) is 6.03. The number of rotatable bonds is 9. The molecule has 0 unspecified atom stereocenters. The van der Waals surface area contributed by atoms with E-state index < -0.39 is 14.3 Å². The van der Waals surface area contributed by atoms with E-state index in [1.165, 1.54) is 0 Å². The van der Waals surface area contributed by atoms with Gasteiger partial charge in [-0.15, -0.1) is 0 Å². The number of allylic oxidation sites excluding steroid dienone is 1. The van der Waals surface area contributed by atoms with Crippen molar-refractivity contribution < 1.29 is 14.3 Å². The molecule has 0 aliphatic rings. The van der Waals surface area contributed by atoms with Crippen LogP contribution >= 0.6 is 0 Å². The second-order valence-electron chi connectivity index (χ2n) is 4.18. The molecule has 0 spiro atoms. The zero-order valence-electron chi connectivity index (χ0n) is 11.5. The highest BCUT2D eigenvalue weighted by Crippen LogP contribution is 2.22. The summed E-state index contributed by atoms with van der Waals surface area (Å²) >= 11 is 0. The maximum Gasteiger partial charge on any atom is 0.330 e. The van der Waals surface area contributed by atoms with Gasteiger partial charge in [0.15, 0.2) is 8.32 Å². The second-order valence-corrected chi connectivity index (χ2v) is 8.42. The third-order valence-corrected chi connectivity index (χ3v) is 7.39. The van der Waals surface area contributed by atoms with Crippen molar-refractivity contribution in [2.45, 2.75) is 52.6 Å². The topological polar surface area (TPSA) is 46.5 Å². The van der Waals surface area contributed by atoms with Crippen molar-refractivity contribution in [2.75, 3.05) is 6.61 Å². The van der Waals surface area contributed by atoms with E-state index in [0.717, 1.165) is 31.5 Å². The highest BCUT2D eigenvalue weighted by Gasteiger charge is 2.29. The molecule has 0 aromatic heterocycles. The molecular weight excluding hydrogens is 232 g/mol. The van der Waals surface area contributed by atoms with E-state index in [1.807, 2.05) is 6.92 Å². The predicted octanol–water partition coefficient (Wildman–Crippen LogP) is 3.56. The maximum atomic E-state index is 10.6. The van der Waals surface area contributed by atoms with Gasteiger partial charge in [-0.25, -0.2) is 4.79 Å². The Kier molecular flexibility index (Phi) is 8.17. The van der Waals surface area contributed by atoms with Gasteiger partial charge >= 0.3 is 5.97 Å². The summed E-state index contributed by atoms with van der Waals surface area (Å²) in [5.74, 6) is -0.829. The average molecular weight is 257 g/mol. The van der Waals surface area contributed by atoms with E-state index in [9.17, 15) is 4.79 Å². The SMILES string of the molecule is CCO[Si]([CH]CCC=C(C)C(=O)O)(CC)CC. The highest BCUT2D eigenvalue weighted by atomic mass is 28.4. The molecule has 0 aliphatic heterocycles. The molecule has 0 rings (SSSR count). The van der Waals surface area contributed by atoms with Gasteiger partial charge in [0.05, 0.1) is 0 Å². The number of hydrogen-bond donors (Lipinski definition) is 1. The van der Waals surface area contributed by atoms with Crippen LogP contribution in [-0.2, 0) is 9.22 Å². The van der Waals surface area contributed by atoms with E-state index in [1.54, 1.807) is 13.0 Å². The van der Waals surface area contributed by atoms with Crippen molar-refractivity contribution in [1.82, 2.24) is 0 Å². The van der Waals surface area contributed by atoms with Crippen LogP contribution in [0.15, 0.2) is 11.6 Å². The van der Waals surface area contributed by atoms with Crippen LogP contribution in [0.3, 0.4) is 0 Å². The van der Waals surface area contributed by atoms with Crippen molar-refractivity contribution in [2.24, 2.45) is 0 Å². The first-order chi connectivity index (χ1) is 8.01. The number of hydrogen-bond acceptors (Lipinski definition) is 2. The summed E-state index contributed by atoms with van der Waals surface area (Å²) in [5.41, 5.74) is 0.426. The fraction of sp³-hybridized carbons (Fsp3) is 0.692. The van der Waals surface area contributed by atoms with Crippen molar-refractivity contribution in [1.29, 1.82) is 0 Å². The fourth-order valence-electron chi connectivity index (χ4n) is 1.82. The first kappa shape index (κ1) is 16.4. The summed E-state index contributed by atoms with van der Waals surface area (Å²) < 4.78 is 5.93. The lowest BCUT2D eigenvalue weighted by Crippen LogP contribution is -2.37. The van der Waals surface area contributed by atoms with E-state index in [2.05, 4.69) is 19.9 Å². The fourth-order valence-corrected chi connectivity index (χ4v) is 4.69. The molecule has 17 heavy (non-hydrogen) atoms. The molecule has 0 aliphatic carbocycles. The van der Waals surface area contributed by atoms with Crippen LogP contribution in [0.4, 0.5) is 0 Å². The number of unbranched alkanes of at least 4 members (excludes halogenated alkanes) is 1. The minimum atomic E-state index is -1.64. The van der Waals surface area contributed by atoms with Gasteiger partial charge in [0, 0.05) is 12.2 Å². The molecule has 0 amide bonds. The summed E-state index contributed by atoms with van der Waals surface area (Å²) in [6, 6.07) is 4.51. The molecule has 3 nitrogen and oxygen atoms in total. The number of carboxylic acids is 1. The van der Waals surface area contributed by atoms with Gasteiger partial charge < -0.3 is 9.53 Å². The van der Waals surface area contributed by atoms with Crippen molar-refractivity contribution in [3.63, 3.8) is 0 Å². The van der Waals surface area contributed by atoms with Crippen LogP contribution in [0.1, 0.15) is 40.5 Å². The smallest absolute Gasteiger partial charge is 0.330 e. The summed E-state index contributed by atoms with van der Waals surface area (Å²) in [6.45, 7) is 8.80. The van der Waals surface area contributed by atoms with Crippen LogP contribution < -0.4 is 0 Å². The summed E-state index contributed by atoms with van der Waals surface area (Å²) in [4.78, 5) is 10.6. The second kappa shape index (κ2) is 8.47. The lowest BCUT2D eigenvalue weighted by molar-refractivity contribution is -0.132.